The highest BCUT2D eigenvalue weighted by molar-refractivity contribution is 5.75. The van der Waals surface area contributed by atoms with Gasteiger partial charge in [-0.15, -0.1) is 0 Å². The third-order valence-electron chi connectivity index (χ3n) is 2.04. The molecule has 0 rings (SSSR count). The zero-order valence-corrected chi connectivity index (χ0v) is 11.4. The van der Waals surface area contributed by atoms with Gasteiger partial charge in [0.2, 0.25) is 5.91 Å². The van der Waals surface area contributed by atoms with Crippen LogP contribution in [0, 0.1) is 11.8 Å². The number of rotatable bonds is 6. The Labute approximate surface area is 107 Å². The summed E-state index contributed by atoms with van der Waals surface area (Å²) in [4.78, 5) is 20.5. The van der Waals surface area contributed by atoms with E-state index in [1.807, 2.05) is 0 Å². The van der Waals surface area contributed by atoms with Gasteiger partial charge in [0.15, 0.2) is 0 Å². The van der Waals surface area contributed by atoms with Gasteiger partial charge in [-0.3, -0.25) is 4.79 Å². The Balaban J connectivity index is -0.000000218. The third kappa shape index (κ3) is 31.3. The second kappa shape index (κ2) is 13.2. The number of primary amides is 1. The van der Waals surface area contributed by atoms with Crippen molar-refractivity contribution in [3.05, 3.63) is 0 Å². The molecule has 0 aliphatic rings. The van der Waals surface area contributed by atoms with Gasteiger partial charge in [-0.1, -0.05) is 35.1 Å². The molecule has 0 spiro atoms. The molecular formula is C14H31NO2. The molecule has 2 N–H and O–H groups in total. The fourth-order valence-electron chi connectivity index (χ4n) is 0.923. The standard InChI is InChI=1S/C7H14O.C6H13NO.CH4/c1-6(2)4-5-7(3)8;1-5(2)3-4-6(7)8;/h6H,4-5H2,1-3H3;5H,3-4H2,1-2H3,(H2,7,8);1H4. The van der Waals surface area contributed by atoms with E-state index in [1.165, 1.54) is 0 Å². The maximum atomic E-state index is 10.3. The largest absolute Gasteiger partial charge is 0.370 e. The average molecular weight is 245 g/mol. The molecule has 0 aliphatic heterocycles. The normalized spacial score (nSPS) is 9.35. The Hall–Kier alpha value is -0.860. The van der Waals surface area contributed by atoms with Gasteiger partial charge < -0.3 is 10.5 Å². The van der Waals surface area contributed by atoms with Crippen LogP contribution in [0.25, 0.3) is 0 Å². The predicted molar refractivity (Wildman–Crippen MR) is 74.8 cm³/mol. The van der Waals surface area contributed by atoms with Crippen molar-refractivity contribution in [1.82, 2.24) is 0 Å². The van der Waals surface area contributed by atoms with Crippen molar-refractivity contribution in [1.29, 1.82) is 0 Å². The topological polar surface area (TPSA) is 60.2 Å². The first-order valence-corrected chi connectivity index (χ1v) is 6.03. The molecule has 3 nitrogen and oxygen atoms in total. The van der Waals surface area contributed by atoms with Gasteiger partial charge in [-0.2, -0.15) is 0 Å². The van der Waals surface area contributed by atoms with Crippen LogP contribution < -0.4 is 5.73 Å². The summed E-state index contributed by atoms with van der Waals surface area (Å²) >= 11 is 0. The molecule has 0 aliphatic carbocycles. The van der Waals surface area contributed by atoms with Crippen LogP contribution in [0.3, 0.4) is 0 Å². The van der Waals surface area contributed by atoms with Gasteiger partial charge in [-0.25, -0.2) is 0 Å². The zero-order chi connectivity index (χ0) is 13.1. The SMILES string of the molecule is C.CC(=O)CCC(C)C.CC(C)CCC(N)=O. The molecule has 0 radical (unpaired) electrons. The molecule has 3 heteroatoms. The molecule has 1 amide bonds. The van der Waals surface area contributed by atoms with Crippen molar-refractivity contribution in [2.45, 2.75) is 67.7 Å². The number of hydrogen-bond donors (Lipinski definition) is 1. The minimum Gasteiger partial charge on any atom is -0.370 e. The van der Waals surface area contributed by atoms with Crippen LogP contribution in [0.15, 0.2) is 0 Å². The Morgan fingerprint density at radius 1 is 0.941 bits per heavy atom. The molecule has 0 fully saturated rings. The second-order valence-electron chi connectivity index (χ2n) is 5.03. The van der Waals surface area contributed by atoms with Crippen LogP contribution in [-0.2, 0) is 9.59 Å². The number of ketones is 1. The van der Waals surface area contributed by atoms with Gasteiger partial charge in [0.1, 0.15) is 5.78 Å². The lowest BCUT2D eigenvalue weighted by Crippen LogP contribution is -2.10. The molecule has 0 aromatic rings. The highest BCUT2D eigenvalue weighted by atomic mass is 16.1. The number of carbonyl (C=O) groups excluding carboxylic acids is 2. The fourth-order valence-corrected chi connectivity index (χ4v) is 0.923. The summed E-state index contributed by atoms with van der Waals surface area (Å²) in [5.41, 5.74) is 4.90. The molecular weight excluding hydrogens is 214 g/mol. The van der Waals surface area contributed by atoms with Crippen LogP contribution in [0.1, 0.15) is 67.7 Å². The monoisotopic (exact) mass is 245 g/mol. The number of amides is 1. The second-order valence-corrected chi connectivity index (χ2v) is 5.03. The summed E-state index contributed by atoms with van der Waals surface area (Å²) < 4.78 is 0. The Bertz CT molecular complexity index is 176. The molecule has 104 valence electrons. The minimum atomic E-state index is -0.196. The number of nitrogens with two attached hydrogens (primary N) is 1. The molecule has 0 bridgehead atoms. The van der Waals surface area contributed by atoms with Crippen molar-refractivity contribution in [3.8, 4) is 0 Å². The van der Waals surface area contributed by atoms with E-state index in [1.54, 1.807) is 6.92 Å². The van der Waals surface area contributed by atoms with E-state index < -0.39 is 0 Å². The average Bonchev–Trinajstić information content (AvgIpc) is 2.12. The van der Waals surface area contributed by atoms with Crippen molar-refractivity contribution in [2.75, 3.05) is 0 Å². The molecule has 0 saturated heterocycles. The van der Waals surface area contributed by atoms with Crippen LogP contribution in [0.4, 0.5) is 0 Å². The quantitative estimate of drug-likeness (QED) is 0.777. The van der Waals surface area contributed by atoms with Gasteiger partial charge in [0, 0.05) is 12.8 Å². The lowest BCUT2D eigenvalue weighted by atomic mass is 10.1. The maximum Gasteiger partial charge on any atom is 0.217 e. The van der Waals surface area contributed by atoms with E-state index in [9.17, 15) is 9.59 Å². The van der Waals surface area contributed by atoms with Gasteiger partial charge in [0.25, 0.3) is 0 Å². The van der Waals surface area contributed by atoms with Crippen LogP contribution >= 0.6 is 0 Å². The molecule has 0 saturated carbocycles. The maximum absolute atomic E-state index is 10.3. The molecule has 0 aromatic carbocycles. The first kappa shape index (κ1) is 21.4. The molecule has 17 heavy (non-hydrogen) atoms. The number of hydrogen-bond acceptors (Lipinski definition) is 2. The Kier molecular flexibility index (Phi) is 16.6. The van der Waals surface area contributed by atoms with Crippen molar-refractivity contribution in [2.24, 2.45) is 17.6 Å². The predicted octanol–water partition coefficient (Wildman–Crippen LogP) is 3.56. The summed E-state index contributed by atoms with van der Waals surface area (Å²) in [7, 11) is 0. The first-order valence-electron chi connectivity index (χ1n) is 6.03. The lowest BCUT2D eigenvalue weighted by molar-refractivity contribution is -0.118. The molecule has 0 heterocycles. The van der Waals surface area contributed by atoms with Gasteiger partial charge in [-0.05, 0) is 31.6 Å². The summed E-state index contributed by atoms with van der Waals surface area (Å²) in [5.74, 6) is 1.36. The number of Topliss-reactive ketones (excluding diaryl/α,β-unsaturated/α-hetero) is 1. The molecule has 0 aromatic heterocycles. The first-order chi connectivity index (χ1) is 7.25. The van der Waals surface area contributed by atoms with Crippen LogP contribution in [-0.4, -0.2) is 11.7 Å². The molecule has 0 unspecified atom stereocenters. The van der Waals surface area contributed by atoms with E-state index in [4.69, 9.17) is 5.73 Å². The summed E-state index contributed by atoms with van der Waals surface area (Å²) in [6.45, 7) is 10.0. The van der Waals surface area contributed by atoms with Crippen LogP contribution in [0.5, 0.6) is 0 Å². The van der Waals surface area contributed by atoms with Crippen molar-refractivity contribution >= 4 is 11.7 Å². The minimum absolute atomic E-state index is 0. The van der Waals surface area contributed by atoms with E-state index in [0.29, 0.717) is 24.0 Å². The van der Waals surface area contributed by atoms with Crippen molar-refractivity contribution < 1.29 is 9.59 Å². The van der Waals surface area contributed by atoms with E-state index in [0.717, 1.165) is 19.3 Å². The fraction of sp³-hybridized carbons (Fsp3) is 0.857. The van der Waals surface area contributed by atoms with E-state index >= 15 is 0 Å². The highest BCUT2D eigenvalue weighted by Gasteiger charge is 1.96. The van der Waals surface area contributed by atoms with E-state index in [-0.39, 0.29) is 13.3 Å². The zero-order valence-electron chi connectivity index (χ0n) is 11.4. The number of carbonyl (C=O) groups is 2. The summed E-state index contributed by atoms with van der Waals surface area (Å²) in [6, 6.07) is 0. The van der Waals surface area contributed by atoms with Crippen LogP contribution in [0.2, 0.25) is 0 Å². The Morgan fingerprint density at radius 3 is 1.41 bits per heavy atom. The highest BCUT2D eigenvalue weighted by Crippen LogP contribution is 2.02. The van der Waals surface area contributed by atoms with Gasteiger partial charge >= 0.3 is 0 Å². The summed E-state index contributed by atoms with van der Waals surface area (Å²) in [6.07, 6.45) is 3.22. The smallest absolute Gasteiger partial charge is 0.217 e. The van der Waals surface area contributed by atoms with Gasteiger partial charge in [0.05, 0.1) is 0 Å². The van der Waals surface area contributed by atoms with E-state index in [2.05, 4.69) is 27.7 Å². The summed E-state index contributed by atoms with van der Waals surface area (Å²) in [5, 5.41) is 0. The van der Waals surface area contributed by atoms with Crippen molar-refractivity contribution in [3.63, 3.8) is 0 Å². The third-order valence-corrected chi connectivity index (χ3v) is 2.04. The molecule has 0 atom stereocenters. The Morgan fingerprint density at radius 2 is 1.29 bits per heavy atom. The lowest BCUT2D eigenvalue weighted by Gasteiger charge is -1.98.